The quantitative estimate of drug-likeness (QED) is 0.346. The molecule has 2 nitrogen and oxygen atoms in total. The zero-order valence-corrected chi connectivity index (χ0v) is 19.3. The number of rotatable bonds is 1. The fourth-order valence-electron chi connectivity index (χ4n) is 6.43. The van der Waals surface area contributed by atoms with E-state index in [1.165, 1.54) is 23.3 Å². The third-order valence-electron chi connectivity index (χ3n) is 8.25. The minimum atomic E-state index is -4.36. The maximum absolute atomic E-state index is 13.4. The van der Waals surface area contributed by atoms with Crippen molar-refractivity contribution >= 4 is 5.78 Å². The van der Waals surface area contributed by atoms with Gasteiger partial charge in [-0.15, -0.1) is 0 Å². The van der Waals surface area contributed by atoms with E-state index >= 15 is 0 Å². The number of hydrogen-bond donors (Lipinski definition) is 0. The molecule has 0 bridgehead atoms. The SMILES string of the molecule is COc1ccc2c(c1)CC[C@@H]1[C@@H]2CC[C@@]2(C)C(=O)/C(=C/C#Cc3ccc(C(F)(F)F)cc3)C[C@@H]12. The molecule has 0 radical (unpaired) electrons. The smallest absolute Gasteiger partial charge is 0.416 e. The Labute approximate surface area is 198 Å². The van der Waals surface area contributed by atoms with Crippen molar-refractivity contribution in [3.8, 4) is 17.6 Å². The molecule has 0 N–H and O–H groups in total. The van der Waals surface area contributed by atoms with E-state index in [2.05, 4.69) is 30.9 Å². The van der Waals surface area contributed by atoms with Gasteiger partial charge >= 0.3 is 6.18 Å². The number of halogens is 3. The normalized spacial score (nSPS) is 29.0. The summed E-state index contributed by atoms with van der Waals surface area (Å²) in [5.74, 6) is 8.14. The topological polar surface area (TPSA) is 26.3 Å². The van der Waals surface area contributed by atoms with Gasteiger partial charge in [0.2, 0.25) is 0 Å². The molecule has 34 heavy (non-hydrogen) atoms. The van der Waals surface area contributed by atoms with Gasteiger partial charge in [0.25, 0.3) is 0 Å². The number of methoxy groups -OCH3 is 1. The molecule has 3 aliphatic rings. The molecular formula is C29H27F3O2. The summed E-state index contributed by atoms with van der Waals surface area (Å²) in [5, 5.41) is 0. The molecule has 4 atom stereocenters. The van der Waals surface area contributed by atoms with Gasteiger partial charge in [0.05, 0.1) is 12.7 Å². The molecule has 0 aliphatic heterocycles. The molecular weight excluding hydrogens is 437 g/mol. The third-order valence-corrected chi connectivity index (χ3v) is 8.25. The van der Waals surface area contributed by atoms with E-state index in [4.69, 9.17) is 4.74 Å². The number of hydrogen-bond acceptors (Lipinski definition) is 2. The molecule has 2 aromatic rings. The highest BCUT2D eigenvalue weighted by Gasteiger charge is 2.56. The zero-order valence-electron chi connectivity index (χ0n) is 19.3. The van der Waals surface area contributed by atoms with Crippen molar-refractivity contribution in [2.45, 2.75) is 51.1 Å². The van der Waals surface area contributed by atoms with Crippen LogP contribution in [0.25, 0.3) is 0 Å². The van der Waals surface area contributed by atoms with Gasteiger partial charge in [0.15, 0.2) is 5.78 Å². The van der Waals surface area contributed by atoms with Crippen molar-refractivity contribution in [1.29, 1.82) is 0 Å². The van der Waals surface area contributed by atoms with Crippen LogP contribution in [0.1, 0.15) is 60.8 Å². The second-order valence-corrected chi connectivity index (χ2v) is 9.98. The lowest BCUT2D eigenvalue weighted by Crippen LogP contribution is -2.42. The minimum absolute atomic E-state index is 0.193. The zero-order chi connectivity index (χ0) is 24.1. The number of ketones is 1. The highest BCUT2D eigenvalue weighted by molar-refractivity contribution is 6.03. The van der Waals surface area contributed by atoms with Crippen LogP contribution in [0, 0.1) is 29.1 Å². The van der Waals surface area contributed by atoms with Crippen molar-refractivity contribution in [2.75, 3.05) is 7.11 Å². The Balaban J connectivity index is 1.37. The molecule has 0 unspecified atom stereocenters. The molecule has 0 heterocycles. The first-order chi connectivity index (χ1) is 16.2. The Morgan fingerprint density at radius 2 is 1.88 bits per heavy atom. The lowest BCUT2D eigenvalue weighted by atomic mass is 9.55. The lowest BCUT2D eigenvalue weighted by molar-refractivity contribution is -0.137. The summed E-state index contributed by atoms with van der Waals surface area (Å²) < 4.78 is 43.6. The Morgan fingerprint density at radius 1 is 1.12 bits per heavy atom. The van der Waals surface area contributed by atoms with Gasteiger partial charge in [0.1, 0.15) is 5.75 Å². The number of fused-ring (bicyclic) bond motifs is 5. The summed E-state index contributed by atoms with van der Waals surface area (Å²) in [6.07, 6.45) is 2.01. The van der Waals surface area contributed by atoms with Crippen LogP contribution in [-0.2, 0) is 17.4 Å². The Bertz CT molecular complexity index is 1210. The third kappa shape index (κ3) is 3.83. The average molecular weight is 465 g/mol. The second-order valence-electron chi connectivity index (χ2n) is 9.98. The van der Waals surface area contributed by atoms with Gasteiger partial charge in [0, 0.05) is 16.6 Å². The first-order valence-electron chi connectivity index (χ1n) is 11.8. The van der Waals surface area contributed by atoms with Gasteiger partial charge in [-0.25, -0.2) is 0 Å². The molecule has 5 rings (SSSR count). The van der Waals surface area contributed by atoms with Gasteiger partial charge in [-0.05, 0) is 103 Å². The molecule has 0 spiro atoms. The minimum Gasteiger partial charge on any atom is -0.497 e. The molecule has 2 aromatic carbocycles. The maximum Gasteiger partial charge on any atom is 0.416 e. The second kappa shape index (κ2) is 8.34. The van der Waals surface area contributed by atoms with Gasteiger partial charge in [-0.2, -0.15) is 13.2 Å². The Morgan fingerprint density at radius 3 is 2.59 bits per heavy atom. The summed E-state index contributed by atoms with van der Waals surface area (Å²) in [7, 11) is 1.69. The van der Waals surface area contributed by atoms with Crippen molar-refractivity contribution in [3.63, 3.8) is 0 Å². The van der Waals surface area contributed by atoms with Crippen LogP contribution in [-0.4, -0.2) is 12.9 Å². The van der Waals surface area contributed by atoms with Crippen molar-refractivity contribution in [2.24, 2.45) is 17.3 Å². The van der Waals surface area contributed by atoms with E-state index in [0.717, 1.165) is 55.6 Å². The standard InChI is InChI=1S/C29H27F3O2/c1-28-15-14-24-23-13-11-22(34-2)16-19(23)8-12-25(24)26(28)17-20(27(28)33)5-3-4-18-6-9-21(10-7-18)29(30,31)32/h5-7,9-11,13,16,24-26H,8,12,14-15,17H2,1-2H3/b20-5+/t24-,25-,26+,28-/m1/s1. The van der Waals surface area contributed by atoms with Crippen LogP contribution in [0.5, 0.6) is 5.75 Å². The van der Waals surface area contributed by atoms with E-state index < -0.39 is 11.7 Å². The van der Waals surface area contributed by atoms with E-state index in [9.17, 15) is 18.0 Å². The number of carbonyl (C=O) groups excluding carboxylic acids is 1. The highest BCUT2D eigenvalue weighted by atomic mass is 19.4. The van der Waals surface area contributed by atoms with E-state index in [0.29, 0.717) is 23.3 Å². The number of allylic oxidation sites excluding steroid dienone is 2. The molecule has 2 saturated carbocycles. The summed E-state index contributed by atoms with van der Waals surface area (Å²) in [4.78, 5) is 13.4. The van der Waals surface area contributed by atoms with Crippen LogP contribution in [0.4, 0.5) is 13.2 Å². The molecule has 0 aromatic heterocycles. The average Bonchev–Trinajstić information content (AvgIpc) is 3.08. The molecule has 3 aliphatic carbocycles. The van der Waals surface area contributed by atoms with Crippen molar-refractivity contribution in [1.82, 2.24) is 0 Å². The Kier molecular flexibility index (Phi) is 5.59. The van der Waals surface area contributed by atoms with Crippen molar-refractivity contribution in [3.05, 3.63) is 76.4 Å². The summed E-state index contributed by atoms with van der Waals surface area (Å²) in [5.41, 5.74) is 2.98. The predicted molar refractivity (Wildman–Crippen MR) is 124 cm³/mol. The van der Waals surface area contributed by atoms with Crippen LogP contribution in [0.2, 0.25) is 0 Å². The molecule has 0 saturated heterocycles. The molecule has 176 valence electrons. The number of benzene rings is 2. The lowest BCUT2D eigenvalue weighted by Gasteiger charge is -2.48. The molecule has 5 heteroatoms. The number of carbonyl (C=O) groups is 1. The number of aryl methyl sites for hydroxylation is 1. The maximum atomic E-state index is 13.4. The number of ether oxygens (including phenoxy) is 1. The summed E-state index contributed by atoms with van der Waals surface area (Å²) in [6.45, 7) is 2.11. The van der Waals surface area contributed by atoms with Gasteiger partial charge in [-0.1, -0.05) is 24.8 Å². The van der Waals surface area contributed by atoms with E-state index in [1.807, 2.05) is 6.07 Å². The van der Waals surface area contributed by atoms with Crippen LogP contribution in [0.15, 0.2) is 54.1 Å². The van der Waals surface area contributed by atoms with Crippen LogP contribution >= 0.6 is 0 Å². The molecule has 2 fully saturated rings. The largest absolute Gasteiger partial charge is 0.497 e. The molecule has 0 amide bonds. The summed E-state index contributed by atoms with van der Waals surface area (Å²) >= 11 is 0. The van der Waals surface area contributed by atoms with Crippen molar-refractivity contribution < 1.29 is 22.7 Å². The first kappa shape index (κ1) is 22.8. The van der Waals surface area contributed by atoms with E-state index in [-0.39, 0.29) is 11.2 Å². The van der Waals surface area contributed by atoms with Crippen LogP contribution < -0.4 is 4.74 Å². The number of alkyl halides is 3. The Hall–Kier alpha value is -3.00. The fourth-order valence-corrected chi connectivity index (χ4v) is 6.43. The van der Waals surface area contributed by atoms with Gasteiger partial charge < -0.3 is 4.74 Å². The van der Waals surface area contributed by atoms with Gasteiger partial charge in [-0.3, -0.25) is 4.79 Å². The highest BCUT2D eigenvalue weighted by Crippen LogP contribution is 2.60. The fraction of sp³-hybridized carbons (Fsp3) is 0.414. The first-order valence-corrected chi connectivity index (χ1v) is 11.8. The monoisotopic (exact) mass is 464 g/mol. The van der Waals surface area contributed by atoms with E-state index in [1.54, 1.807) is 13.2 Å². The predicted octanol–water partition coefficient (Wildman–Crippen LogP) is 6.73. The van der Waals surface area contributed by atoms with Crippen LogP contribution in [0.3, 0.4) is 0 Å². The summed E-state index contributed by atoms with van der Waals surface area (Å²) in [6, 6.07) is 11.2. The number of Topliss-reactive ketones (excluding diaryl/α,β-unsaturated/α-hetero) is 1.